The molecule has 2 aromatic heterocycles. The zero-order valence-corrected chi connectivity index (χ0v) is 18.5. The first-order valence-electron chi connectivity index (χ1n) is 10.5. The largest absolute Gasteiger partial charge is 0.446 e. The van der Waals surface area contributed by atoms with Gasteiger partial charge in [0.25, 0.3) is 5.91 Å². The number of carbonyl (C=O) groups is 2. The quantitative estimate of drug-likeness (QED) is 0.692. The van der Waals surface area contributed by atoms with Crippen LogP contribution in [0.25, 0.3) is 10.2 Å². The molecule has 8 nitrogen and oxygen atoms in total. The normalized spacial score (nSPS) is 18.5. The summed E-state index contributed by atoms with van der Waals surface area (Å²) in [6.07, 6.45) is -2.37. The fraction of sp³-hybridized carbons (Fsp3) is 0.600. The van der Waals surface area contributed by atoms with Gasteiger partial charge in [-0.05, 0) is 25.7 Å². The number of nitrogens with zero attached hydrogens (tertiary/aromatic N) is 3. The number of piperidine rings is 1. The third-order valence-electron chi connectivity index (χ3n) is 5.82. The second kappa shape index (κ2) is 8.72. The molecule has 1 saturated heterocycles. The number of nitrogens with one attached hydrogen (secondary N) is 2. The van der Waals surface area contributed by atoms with Crippen molar-refractivity contribution in [2.45, 2.75) is 50.9 Å². The number of ether oxygens (including phenoxy) is 1. The molecule has 2 fully saturated rings. The highest BCUT2D eigenvalue weighted by Crippen LogP contribution is 2.38. The van der Waals surface area contributed by atoms with Crippen LogP contribution in [0.2, 0.25) is 0 Å². The lowest BCUT2D eigenvalue weighted by Crippen LogP contribution is -2.42. The maximum atomic E-state index is 13.7. The Hall–Kier alpha value is -2.63. The van der Waals surface area contributed by atoms with Crippen molar-refractivity contribution in [1.29, 1.82) is 0 Å². The van der Waals surface area contributed by atoms with Crippen LogP contribution in [-0.4, -0.2) is 54.3 Å². The van der Waals surface area contributed by atoms with E-state index < -0.39 is 23.9 Å². The van der Waals surface area contributed by atoms with Crippen LogP contribution in [-0.2, 0) is 10.9 Å². The van der Waals surface area contributed by atoms with E-state index in [0.717, 1.165) is 24.2 Å². The van der Waals surface area contributed by atoms with Gasteiger partial charge in [-0.1, -0.05) is 0 Å². The van der Waals surface area contributed by atoms with Crippen molar-refractivity contribution < 1.29 is 27.5 Å². The summed E-state index contributed by atoms with van der Waals surface area (Å²) < 4.78 is 46.3. The summed E-state index contributed by atoms with van der Waals surface area (Å²) in [5.74, 6) is -0.0812. The van der Waals surface area contributed by atoms with Crippen LogP contribution in [0.15, 0.2) is 5.38 Å². The number of halogens is 3. The lowest BCUT2D eigenvalue weighted by Gasteiger charge is -2.32. The highest BCUT2D eigenvalue weighted by atomic mass is 32.1. The van der Waals surface area contributed by atoms with E-state index in [2.05, 4.69) is 20.6 Å². The standard InChI is InChI=1S/C20H24F3N5O3S/c1-10(11-3-4-11)25-19(30)31-12-5-7-28(8-6-12)18-26-14-13(17(29)24-2)9-32-15(14)16(27-18)20(21,22)23/h9-12H,3-8H2,1-2H3,(H,24,29)(H,25,30)/t10-/m0/s1. The van der Waals surface area contributed by atoms with Gasteiger partial charge in [0.05, 0.1) is 10.3 Å². The molecule has 0 unspecified atom stereocenters. The highest BCUT2D eigenvalue weighted by Gasteiger charge is 2.38. The molecule has 2 aromatic rings. The summed E-state index contributed by atoms with van der Waals surface area (Å²) in [5.41, 5.74) is -0.982. The lowest BCUT2D eigenvalue weighted by atomic mass is 10.1. The van der Waals surface area contributed by atoms with Crippen molar-refractivity contribution >= 4 is 39.5 Å². The zero-order chi connectivity index (χ0) is 23.0. The Balaban J connectivity index is 1.49. The minimum atomic E-state index is -4.68. The van der Waals surface area contributed by atoms with E-state index in [4.69, 9.17) is 4.74 Å². The van der Waals surface area contributed by atoms with Gasteiger partial charge in [0.2, 0.25) is 5.95 Å². The summed E-state index contributed by atoms with van der Waals surface area (Å²) >= 11 is 0.796. The molecule has 3 heterocycles. The molecule has 1 aliphatic heterocycles. The van der Waals surface area contributed by atoms with E-state index in [1.165, 1.54) is 12.4 Å². The van der Waals surface area contributed by atoms with Crippen molar-refractivity contribution in [2.24, 2.45) is 5.92 Å². The maximum Gasteiger partial charge on any atom is 0.434 e. The number of anilines is 1. The number of alkyl halides is 3. The molecule has 2 N–H and O–H groups in total. The van der Waals surface area contributed by atoms with Crippen molar-refractivity contribution in [3.63, 3.8) is 0 Å². The maximum absolute atomic E-state index is 13.7. The summed E-state index contributed by atoms with van der Waals surface area (Å²) in [4.78, 5) is 33.9. The number of aromatic nitrogens is 2. The molecule has 2 aliphatic rings. The number of carbonyl (C=O) groups excluding carboxylic acids is 2. The van der Waals surface area contributed by atoms with Gasteiger partial charge in [0, 0.05) is 44.4 Å². The molecule has 1 aliphatic carbocycles. The zero-order valence-electron chi connectivity index (χ0n) is 17.7. The van der Waals surface area contributed by atoms with E-state index in [0.29, 0.717) is 31.8 Å². The first kappa shape index (κ1) is 22.6. The molecule has 2 amide bonds. The first-order valence-corrected chi connectivity index (χ1v) is 11.4. The van der Waals surface area contributed by atoms with Crippen LogP contribution in [0.3, 0.4) is 0 Å². The van der Waals surface area contributed by atoms with E-state index in [1.54, 1.807) is 4.90 Å². The van der Waals surface area contributed by atoms with Gasteiger partial charge in [-0.3, -0.25) is 4.79 Å². The predicted octanol–water partition coefficient (Wildman–Crippen LogP) is 3.56. The summed E-state index contributed by atoms with van der Waals surface area (Å²) in [7, 11) is 1.41. The van der Waals surface area contributed by atoms with E-state index in [-0.39, 0.29) is 33.9 Å². The molecule has 4 rings (SSSR count). The molecule has 1 saturated carbocycles. The van der Waals surface area contributed by atoms with Crippen LogP contribution in [0, 0.1) is 5.92 Å². The fourth-order valence-corrected chi connectivity index (χ4v) is 4.79. The average molecular weight is 472 g/mol. The second-order valence-corrected chi connectivity index (χ2v) is 9.02. The molecule has 0 radical (unpaired) electrons. The second-order valence-electron chi connectivity index (χ2n) is 8.14. The summed E-state index contributed by atoms with van der Waals surface area (Å²) in [6.45, 7) is 2.61. The van der Waals surface area contributed by atoms with Crippen molar-refractivity contribution in [1.82, 2.24) is 20.6 Å². The van der Waals surface area contributed by atoms with Crippen LogP contribution in [0.5, 0.6) is 0 Å². The Labute approximate surface area is 186 Å². The Bertz CT molecular complexity index is 1020. The van der Waals surface area contributed by atoms with Gasteiger partial charge in [-0.25, -0.2) is 14.8 Å². The Morgan fingerprint density at radius 1 is 1.22 bits per heavy atom. The van der Waals surface area contributed by atoms with Gasteiger partial charge in [0.15, 0.2) is 5.69 Å². The van der Waals surface area contributed by atoms with Crippen LogP contribution in [0.4, 0.5) is 23.9 Å². The number of amides is 2. The van der Waals surface area contributed by atoms with E-state index in [9.17, 15) is 22.8 Å². The smallest absolute Gasteiger partial charge is 0.434 e. The van der Waals surface area contributed by atoms with Crippen molar-refractivity contribution in [3.05, 3.63) is 16.6 Å². The number of fused-ring (bicyclic) bond motifs is 1. The monoisotopic (exact) mass is 471 g/mol. The number of hydrogen-bond acceptors (Lipinski definition) is 7. The van der Waals surface area contributed by atoms with Gasteiger partial charge < -0.3 is 20.3 Å². The van der Waals surface area contributed by atoms with Crippen LogP contribution >= 0.6 is 11.3 Å². The minimum absolute atomic E-state index is 0.0153. The van der Waals surface area contributed by atoms with Crippen LogP contribution in [0.1, 0.15) is 48.7 Å². The Morgan fingerprint density at radius 2 is 1.91 bits per heavy atom. The van der Waals surface area contributed by atoms with Gasteiger partial charge in [-0.15, -0.1) is 11.3 Å². The van der Waals surface area contributed by atoms with Gasteiger partial charge >= 0.3 is 12.3 Å². The number of rotatable bonds is 5. The minimum Gasteiger partial charge on any atom is -0.446 e. The third kappa shape index (κ3) is 4.74. The molecule has 174 valence electrons. The van der Waals surface area contributed by atoms with Gasteiger partial charge in [-0.2, -0.15) is 13.2 Å². The molecule has 32 heavy (non-hydrogen) atoms. The Kier molecular flexibility index (Phi) is 6.15. The number of alkyl carbamates (subject to hydrolysis) is 1. The fourth-order valence-electron chi connectivity index (χ4n) is 3.79. The van der Waals surface area contributed by atoms with Crippen molar-refractivity contribution in [3.8, 4) is 0 Å². The average Bonchev–Trinajstić information content (AvgIpc) is 3.52. The highest BCUT2D eigenvalue weighted by molar-refractivity contribution is 7.17. The number of thiophene rings is 1. The molecule has 0 spiro atoms. The molecular formula is C20H24F3N5O3S. The van der Waals surface area contributed by atoms with Crippen LogP contribution < -0.4 is 15.5 Å². The molecular weight excluding hydrogens is 447 g/mol. The molecule has 0 bridgehead atoms. The third-order valence-corrected chi connectivity index (χ3v) is 6.79. The summed E-state index contributed by atoms with van der Waals surface area (Å²) in [5, 5.41) is 6.62. The molecule has 1 atom stereocenters. The molecule has 0 aromatic carbocycles. The van der Waals surface area contributed by atoms with E-state index >= 15 is 0 Å². The molecule has 12 heteroatoms. The SMILES string of the molecule is CNC(=O)c1csc2c(C(F)(F)F)nc(N3CCC(OC(=O)N[C@@H](C)C4CC4)CC3)nc12. The van der Waals surface area contributed by atoms with Crippen molar-refractivity contribution in [2.75, 3.05) is 25.0 Å². The summed E-state index contributed by atoms with van der Waals surface area (Å²) in [6, 6.07) is 0.0728. The van der Waals surface area contributed by atoms with E-state index in [1.807, 2.05) is 6.92 Å². The Morgan fingerprint density at radius 3 is 2.50 bits per heavy atom. The topological polar surface area (TPSA) is 96.5 Å². The van der Waals surface area contributed by atoms with Gasteiger partial charge in [0.1, 0.15) is 11.6 Å². The first-order chi connectivity index (χ1) is 15.2. The number of hydrogen-bond donors (Lipinski definition) is 2. The lowest BCUT2D eigenvalue weighted by molar-refractivity contribution is -0.139. The predicted molar refractivity (Wildman–Crippen MR) is 113 cm³/mol.